The van der Waals surface area contributed by atoms with Crippen LogP contribution in [0.25, 0.3) is 33.3 Å². The van der Waals surface area contributed by atoms with E-state index >= 15 is 4.39 Å². The van der Waals surface area contributed by atoms with Crippen LogP contribution in [0, 0.1) is 18.6 Å². The molecule has 9 nitrogen and oxygen atoms in total. The summed E-state index contributed by atoms with van der Waals surface area (Å²) in [4.78, 5) is 32.0. The summed E-state index contributed by atoms with van der Waals surface area (Å²) in [5.41, 5.74) is 13.0. The second-order valence-corrected chi connectivity index (χ2v) is 12.6. The zero-order chi connectivity index (χ0) is 36.1. The molecule has 4 aromatic carbocycles. The Morgan fingerprint density at radius 2 is 1.75 bits per heavy atom. The highest BCUT2D eigenvalue weighted by Crippen LogP contribution is 2.35. The van der Waals surface area contributed by atoms with Gasteiger partial charge in [0, 0.05) is 53.9 Å². The van der Waals surface area contributed by atoms with Crippen LogP contribution in [0.1, 0.15) is 29.4 Å². The van der Waals surface area contributed by atoms with Crippen LogP contribution in [0.5, 0.6) is 0 Å². The average Bonchev–Trinajstić information content (AvgIpc) is 3.52. The van der Waals surface area contributed by atoms with Gasteiger partial charge in [-0.1, -0.05) is 42.5 Å². The first-order valence-electron chi connectivity index (χ1n) is 16.7. The Morgan fingerprint density at radius 1 is 0.961 bits per heavy atom. The number of fused-ring (bicyclic) bond motifs is 1. The van der Waals surface area contributed by atoms with Crippen LogP contribution < -0.4 is 16.4 Å². The van der Waals surface area contributed by atoms with Gasteiger partial charge in [-0.15, -0.1) is 0 Å². The minimum atomic E-state index is -0.589. The second-order valence-electron chi connectivity index (χ2n) is 12.6. The number of hydrogen-bond acceptors (Lipinski definition) is 7. The van der Waals surface area contributed by atoms with E-state index in [1.807, 2.05) is 80.5 Å². The molecule has 0 aliphatic heterocycles. The van der Waals surface area contributed by atoms with Crippen molar-refractivity contribution in [2.45, 2.75) is 20.3 Å². The Hall–Kier alpha value is -5.94. The molecular weight excluding hydrogens is 646 g/mol. The smallest absolute Gasteiger partial charge is 0.228 e. The van der Waals surface area contributed by atoms with Crippen molar-refractivity contribution in [3.8, 4) is 22.3 Å². The van der Waals surface area contributed by atoms with E-state index < -0.39 is 5.82 Å². The van der Waals surface area contributed by atoms with E-state index in [2.05, 4.69) is 25.6 Å². The predicted molar refractivity (Wildman–Crippen MR) is 202 cm³/mol. The van der Waals surface area contributed by atoms with E-state index in [4.69, 9.17) is 10.7 Å². The number of imidazole rings is 1. The van der Waals surface area contributed by atoms with Gasteiger partial charge in [0.1, 0.15) is 17.3 Å². The number of anilines is 3. The quantitative estimate of drug-likeness (QED) is 0.0782. The highest BCUT2D eigenvalue weighted by molar-refractivity contribution is 6.16. The van der Waals surface area contributed by atoms with E-state index in [0.717, 1.165) is 12.1 Å². The molecule has 0 saturated carbocycles. The van der Waals surface area contributed by atoms with E-state index in [0.29, 0.717) is 63.6 Å². The minimum absolute atomic E-state index is 0.0923. The fraction of sp³-hybridized carbons (Fsp3) is 0.200. The van der Waals surface area contributed by atoms with Crippen molar-refractivity contribution >= 4 is 39.7 Å². The first kappa shape index (κ1) is 34.9. The molecule has 0 unspecified atom stereocenters. The number of rotatable bonds is 12. The number of para-hydroxylation sites is 1. The molecule has 0 saturated heterocycles. The minimum Gasteiger partial charge on any atom is -0.398 e. The van der Waals surface area contributed by atoms with Crippen LogP contribution in [-0.2, 0) is 11.2 Å². The van der Waals surface area contributed by atoms with Gasteiger partial charge in [0.2, 0.25) is 5.91 Å². The van der Waals surface area contributed by atoms with Gasteiger partial charge in [-0.25, -0.2) is 13.8 Å². The van der Waals surface area contributed by atoms with Crippen LogP contribution in [0.3, 0.4) is 0 Å². The lowest BCUT2D eigenvalue weighted by Gasteiger charge is -2.16. The molecule has 6 aromatic rings. The third-order valence-corrected chi connectivity index (χ3v) is 8.40. The van der Waals surface area contributed by atoms with Gasteiger partial charge in [0.15, 0.2) is 5.82 Å². The number of aryl methyl sites for hydroxylation is 1. The molecule has 0 spiro atoms. The summed E-state index contributed by atoms with van der Waals surface area (Å²) in [7, 11) is 3.96. The Labute approximate surface area is 295 Å². The highest BCUT2D eigenvalue weighted by Gasteiger charge is 2.25. The van der Waals surface area contributed by atoms with Gasteiger partial charge >= 0.3 is 0 Å². The number of hydrogen-bond donors (Lipinski definition) is 4. The Kier molecular flexibility index (Phi) is 10.5. The van der Waals surface area contributed by atoms with Gasteiger partial charge in [-0.2, -0.15) is 0 Å². The molecule has 11 heteroatoms. The molecule has 0 radical (unpaired) electrons. The molecule has 2 aromatic heterocycles. The molecule has 5 N–H and O–H groups in total. The van der Waals surface area contributed by atoms with Crippen molar-refractivity contribution < 1.29 is 13.6 Å². The van der Waals surface area contributed by atoms with Crippen LogP contribution in [-0.4, -0.2) is 65.2 Å². The van der Waals surface area contributed by atoms with E-state index in [1.165, 1.54) is 18.3 Å². The molecule has 0 atom stereocenters. The number of pyridine rings is 1. The number of nitrogens with zero attached hydrogens (tertiary/aromatic N) is 4. The average molecular weight is 687 g/mol. The van der Waals surface area contributed by atoms with Gasteiger partial charge in [0.05, 0.1) is 34.9 Å². The van der Waals surface area contributed by atoms with E-state index in [-0.39, 0.29) is 40.7 Å². The van der Waals surface area contributed by atoms with Gasteiger partial charge < -0.3 is 26.3 Å². The first-order chi connectivity index (χ1) is 24.6. The lowest BCUT2D eigenvalue weighted by Crippen LogP contribution is -2.20. The number of carbonyl (C=O) groups is 1. The van der Waals surface area contributed by atoms with Gasteiger partial charge in [-0.05, 0) is 81.0 Å². The number of nitrogen functional groups attached to an aromatic ring is 1. The third kappa shape index (κ3) is 7.94. The number of carbonyl (C=O) groups excluding carboxylic acids is 1. The molecule has 1 amide bonds. The second kappa shape index (κ2) is 15.3. The third-order valence-electron chi connectivity index (χ3n) is 8.40. The molecule has 6 rings (SSSR count). The number of nitrogens with two attached hydrogens (primary N) is 1. The summed E-state index contributed by atoms with van der Waals surface area (Å²) < 4.78 is 31.7. The number of amides is 1. The maximum Gasteiger partial charge on any atom is 0.228 e. The summed E-state index contributed by atoms with van der Waals surface area (Å²) >= 11 is 0. The van der Waals surface area contributed by atoms with Crippen molar-refractivity contribution in [3.63, 3.8) is 0 Å². The molecular formula is C40H40F2N8O. The van der Waals surface area contributed by atoms with Crippen LogP contribution in [0.2, 0.25) is 0 Å². The molecule has 51 heavy (non-hydrogen) atoms. The molecule has 0 aliphatic carbocycles. The van der Waals surface area contributed by atoms with E-state index in [9.17, 15) is 9.18 Å². The number of halogens is 2. The van der Waals surface area contributed by atoms with Crippen molar-refractivity contribution in [2.24, 2.45) is 4.99 Å². The van der Waals surface area contributed by atoms with E-state index in [1.54, 1.807) is 25.3 Å². The SMILES string of the molecule is CCN=C(c1nc2c(-c3cc(F)cc(NCCN(C)C)c3)cccc2[nH]1)c1c(N)cc(C)c(-c2cncc(NC(=O)Cc3ccccc3)c2)c1F. The summed E-state index contributed by atoms with van der Waals surface area (Å²) in [6.45, 7) is 5.39. The lowest BCUT2D eigenvalue weighted by atomic mass is 9.94. The van der Waals surface area contributed by atoms with Crippen LogP contribution in [0.4, 0.5) is 25.8 Å². The van der Waals surface area contributed by atoms with Crippen molar-refractivity contribution in [1.82, 2.24) is 19.9 Å². The standard InChI is InChI=1S/C40H40F2N8O/c1-5-45-39(40-48-33-13-9-12-31(38(33)49-40)26-18-28(41)21-29(19-26)46-14-15-50(3)4)36-32(43)16-24(2)35(37(36)42)27-20-30(23-44-22-27)47-34(51)17-25-10-7-6-8-11-25/h6-13,16,18-23,46H,5,14-15,17,43H2,1-4H3,(H,47,51)(H,48,49). The zero-order valence-corrected chi connectivity index (χ0v) is 29.0. The topological polar surface area (TPSA) is 124 Å². The lowest BCUT2D eigenvalue weighted by molar-refractivity contribution is -0.115. The number of nitrogens with one attached hydrogen (secondary N) is 3. The maximum absolute atomic E-state index is 16.9. The van der Waals surface area contributed by atoms with Crippen LogP contribution >= 0.6 is 0 Å². The predicted octanol–water partition coefficient (Wildman–Crippen LogP) is 7.47. The monoisotopic (exact) mass is 686 g/mol. The van der Waals surface area contributed by atoms with Crippen LogP contribution in [0.15, 0.2) is 96.2 Å². The summed E-state index contributed by atoms with van der Waals surface area (Å²) in [6, 6.07) is 23.2. The van der Waals surface area contributed by atoms with Gasteiger partial charge in [0.25, 0.3) is 0 Å². The molecule has 260 valence electrons. The first-order valence-corrected chi connectivity index (χ1v) is 16.7. The summed E-state index contributed by atoms with van der Waals surface area (Å²) in [6.07, 6.45) is 3.26. The number of H-pyrrole nitrogens is 1. The van der Waals surface area contributed by atoms with Crippen molar-refractivity contribution in [2.75, 3.05) is 50.1 Å². The fourth-order valence-electron chi connectivity index (χ4n) is 6.11. The van der Waals surface area contributed by atoms with Gasteiger partial charge in [-0.3, -0.25) is 14.8 Å². The molecule has 0 aliphatic rings. The fourth-order valence-corrected chi connectivity index (χ4v) is 6.11. The number of aromatic nitrogens is 3. The Bertz CT molecular complexity index is 2230. The number of likely N-dealkylation sites (N-methyl/N-ethyl adjacent to an activating group) is 1. The Balaban J connectivity index is 1.36. The molecule has 2 heterocycles. The molecule has 0 bridgehead atoms. The van der Waals surface area contributed by atoms with Crippen molar-refractivity contribution in [1.29, 1.82) is 0 Å². The largest absolute Gasteiger partial charge is 0.398 e. The van der Waals surface area contributed by atoms with Crippen molar-refractivity contribution in [3.05, 3.63) is 125 Å². The summed E-state index contributed by atoms with van der Waals surface area (Å²) in [5, 5.41) is 6.16. The summed E-state index contributed by atoms with van der Waals surface area (Å²) in [5.74, 6) is -0.863. The number of aliphatic imine (C=N–C) groups is 1. The number of aromatic amines is 1. The zero-order valence-electron chi connectivity index (χ0n) is 29.0. The maximum atomic E-state index is 16.9. The Morgan fingerprint density at radius 3 is 2.51 bits per heavy atom. The molecule has 0 fully saturated rings. The number of benzene rings is 4. The highest BCUT2D eigenvalue weighted by atomic mass is 19.1. The normalized spacial score (nSPS) is 11.7.